The molecule has 1 aromatic carbocycles. The molecule has 7 nitrogen and oxygen atoms in total. The lowest BCUT2D eigenvalue weighted by Gasteiger charge is -2.22. The van der Waals surface area contributed by atoms with Crippen LogP contribution in [-0.2, 0) is 27.6 Å². The molecule has 0 saturated heterocycles. The zero-order chi connectivity index (χ0) is 20.3. The maximum Gasteiger partial charge on any atom is 0.251 e. The first-order valence-corrected chi connectivity index (χ1v) is 11.5. The van der Waals surface area contributed by atoms with Crippen LogP contribution in [0.3, 0.4) is 0 Å². The average Bonchev–Trinajstić information content (AvgIpc) is 2.99. The Kier molecular flexibility index (Phi) is 6.17. The van der Waals surface area contributed by atoms with Crippen LogP contribution in [0.15, 0.2) is 35.2 Å². The summed E-state index contributed by atoms with van der Waals surface area (Å²) in [6, 6.07) is 8.17. The summed E-state index contributed by atoms with van der Waals surface area (Å²) in [6.45, 7) is 1.54. The minimum atomic E-state index is -3.42. The Balaban J connectivity index is 1.63. The molecule has 1 aliphatic rings. The fourth-order valence-corrected chi connectivity index (χ4v) is 5.92. The number of sulfone groups is 1. The van der Waals surface area contributed by atoms with Crippen LogP contribution >= 0.6 is 11.3 Å². The van der Waals surface area contributed by atoms with E-state index >= 15 is 0 Å². The predicted octanol–water partition coefficient (Wildman–Crippen LogP) is 2.03. The first-order chi connectivity index (χ1) is 13.3. The highest BCUT2D eigenvalue weighted by atomic mass is 32.2. The van der Waals surface area contributed by atoms with Crippen LogP contribution in [0.1, 0.15) is 33.6 Å². The Morgan fingerprint density at radius 3 is 2.64 bits per heavy atom. The number of anilines is 1. The molecule has 0 radical (unpaired) electrons. The smallest absolute Gasteiger partial charge is 0.251 e. The largest absolute Gasteiger partial charge is 0.365 e. The topological polar surface area (TPSA) is 110 Å². The molecule has 28 heavy (non-hydrogen) atoms. The van der Waals surface area contributed by atoms with Crippen molar-refractivity contribution >= 4 is 38.0 Å². The fourth-order valence-electron chi connectivity index (χ4n) is 3.24. The van der Waals surface area contributed by atoms with Crippen molar-refractivity contribution in [2.75, 3.05) is 24.7 Å². The molecular weight excluding hydrogens is 398 g/mol. The molecule has 0 fully saturated rings. The van der Waals surface area contributed by atoms with Crippen molar-refractivity contribution in [2.24, 2.45) is 5.73 Å². The number of nitrogens with zero attached hydrogens (tertiary/aromatic N) is 1. The number of nitrogens with one attached hydrogen (secondary N) is 1. The van der Waals surface area contributed by atoms with Gasteiger partial charge in [0.25, 0.3) is 5.91 Å². The van der Waals surface area contributed by atoms with E-state index in [0.717, 1.165) is 17.0 Å². The maximum absolute atomic E-state index is 12.3. The molecule has 1 aromatic heterocycles. The molecule has 2 heterocycles. The number of benzene rings is 1. The van der Waals surface area contributed by atoms with Gasteiger partial charge in [0.15, 0.2) is 9.84 Å². The van der Waals surface area contributed by atoms with Gasteiger partial charge in [0.05, 0.1) is 16.2 Å². The summed E-state index contributed by atoms with van der Waals surface area (Å²) < 4.78 is 24.6. The van der Waals surface area contributed by atoms with Gasteiger partial charge in [-0.3, -0.25) is 9.59 Å². The highest BCUT2D eigenvalue weighted by Crippen LogP contribution is 2.36. The van der Waals surface area contributed by atoms with Gasteiger partial charge < -0.3 is 16.0 Å². The Bertz CT molecular complexity index is 984. The molecule has 3 rings (SSSR count). The lowest BCUT2D eigenvalue weighted by atomic mass is 10.0. The zero-order valence-electron chi connectivity index (χ0n) is 15.6. The number of nitrogens with two attached hydrogens (primary N) is 1. The number of carbonyl (C=O) groups is 2. The van der Waals surface area contributed by atoms with Crippen molar-refractivity contribution in [1.29, 1.82) is 0 Å². The van der Waals surface area contributed by atoms with E-state index in [0.29, 0.717) is 23.5 Å². The second kappa shape index (κ2) is 8.42. The van der Waals surface area contributed by atoms with Gasteiger partial charge in [-0.1, -0.05) is 18.2 Å². The monoisotopic (exact) mass is 421 g/mol. The summed E-state index contributed by atoms with van der Waals surface area (Å²) >= 11 is 1.37. The van der Waals surface area contributed by atoms with E-state index in [9.17, 15) is 18.0 Å². The van der Waals surface area contributed by atoms with Gasteiger partial charge in [-0.25, -0.2) is 8.42 Å². The van der Waals surface area contributed by atoms with Gasteiger partial charge in [-0.2, -0.15) is 0 Å². The summed E-state index contributed by atoms with van der Waals surface area (Å²) in [7, 11) is -1.42. The second-order valence-corrected chi connectivity index (χ2v) is 10.1. The summed E-state index contributed by atoms with van der Waals surface area (Å²) in [5, 5.41) is 3.22. The minimum absolute atomic E-state index is 0.0483. The van der Waals surface area contributed by atoms with E-state index in [2.05, 4.69) is 10.2 Å². The van der Waals surface area contributed by atoms with Gasteiger partial charge in [0.1, 0.15) is 5.00 Å². The molecule has 0 unspecified atom stereocenters. The molecule has 0 saturated carbocycles. The third kappa shape index (κ3) is 4.60. The van der Waals surface area contributed by atoms with E-state index in [4.69, 9.17) is 5.73 Å². The average molecular weight is 422 g/mol. The molecule has 0 atom stereocenters. The molecule has 150 valence electrons. The number of hydrogen-bond donors (Lipinski definition) is 2. The Hall–Kier alpha value is -2.23. The lowest BCUT2D eigenvalue weighted by Crippen LogP contribution is -2.27. The van der Waals surface area contributed by atoms with Gasteiger partial charge in [-0.05, 0) is 37.6 Å². The Labute approximate surface area is 168 Å². The molecular formula is C19H23N3O4S2. The molecule has 2 aromatic rings. The first-order valence-electron chi connectivity index (χ1n) is 8.98. The molecule has 0 aliphatic carbocycles. The van der Waals surface area contributed by atoms with Gasteiger partial charge >= 0.3 is 0 Å². The van der Waals surface area contributed by atoms with E-state index < -0.39 is 15.7 Å². The normalized spacial score (nSPS) is 14.5. The highest BCUT2D eigenvalue weighted by Gasteiger charge is 2.26. The number of carbonyl (C=O) groups excluding carboxylic acids is 2. The summed E-state index contributed by atoms with van der Waals surface area (Å²) in [5.41, 5.74) is 6.84. The number of amides is 2. The van der Waals surface area contributed by atoms with Crippen LogP contribution in [0.2, 0.25) is 0 Å². The van der Waals surface area contributed by atoms with Crippen molar-refractivity contribution in [3.05, 3.63) is 46.3 Å². The number of thiophene rings is 1. The van der Waals surface area contributed by atoms with E-state index in [1.807, 2.05) is 7.05 Å². The molecule has 0 spiro atoms. The SMILES string of the molecule is CN1CCc2c(sc(NC(=O)CCCS(=O)(=O)c3ccccc3)c2C(N)=O)C1. The summed E-state index contributed by atoms with van der Waals surface area (Å²) in [5.74, 6) is -0.986. The minimum Gasteiger partial charge on any atom is -0.365 e. The Morgan fingerprint density at radius 1 is 1.25 bits per heavy atom. The van der Waals surface area contributed by atoms with Crippen molar-refractivity contribution in [1.82, 2.24) is 4.90 Å². The Morgan fingerprint density at radius 2 is 1.96 bits per heavy atom. The number of fused-ring (bicyclic) bond motifs is 1. The number of likely N-dealkylation sites (N-methyl/N-ethyl adjacent to an activating group) is 1. The quantitative estimate of drug-likeness (QED) is 0.711. The maximum atomic E-state index is 12.3. The predicted molar refractivity (Wildman–Crippen MR) is 109 cm³/mol. The van der Waals surface area contributed by atoms with Crippen LogP contribution in [0.4, 0.5) is 5.00 Å². The van der Waals surface area contributed by atoms with Gasteiger partial charge in [-0.15, -0.1) is 11.3 Å². The summed E-state index contributed by atoms with van der Waals surface area (Å²) in [4.78, 5) is 27.7. The van der Waals surface area contributed by atoms with Crippen molar-refractivity contribution < 1.29 is 18.0 Å². The van der Waals surface area contributed by atoms with E-state index in [-0.39, 0.29) is 29.4 Å². The van der Waals surface area contributed by atoms with Crippen LogP contribution in [0, 0.1) is 0 Å². The standard InChI is InChI=1S/C19H23N3O4S2/c1-22-10-9-14-15(12-22)27-19(17(14)18(20)24)21-16(23)8-5-11-28(25,26)13-6-3-2-4-7-13/h2-4,6-7H,5,8-12H2,1H3,(H2,20,24)(H,21,23). The van der Waals surface area contributed by atoms with Crippen molar-refractivity contribution in [3.8, 4) is 0 Å². The molecule has 3 N–H and O–H groups in total. The molecule has 1 aliphatic heterocycles. The third-order valence-corrected chi connectivity index (χ3v) is 7.62. The van der Waals surface area contributed by atoms with Gasteiger partial charge in [0.2, 0.25) is 5.91 Å². The highest BCUT2D eigenvalue weighted by molar-refractivity contribution is 7.91. The van der Waals surface area contributed by atoms with Crippen LogP contribution in [0.5, 0.6) is 0 Å². The third-order valence-electron chi connectivity index (χ3n) is 4.67. The summed E-state index contributed by atoms with van der Waals surface area (Å²) in [6.07, 6.45) is 0.960. The van der Waals surface area contributed by atoms with E-state index in [1.54, 1.807) is 30.3 Å². The molecule has 2 amide bonds. The van der Waals surface area contributed by atoms with Crippen LogP contribution in [-0.4, -0.2) is 44.5 Å². The lowest BCUT2D eigenvalue weighted by molar-refractivity contribution is -0.116. The zero-order valence-corrected chi connectivity index (χ0v) is 17.2. The first kappa shape index (κ1) is 20.5. The van der Waals surface area contributed by atoms with Gasteiger partial charge in [0, 0.05) is 24.4 Å². The van der Waals surface area contributed by atoms with Crippen molar-refractivity contribution in [2.45, 2.75) is 30.7 Å². The second-order valence-electron chi connectivity index (χ2n) is 6.84. The van der Waals surface area contributed by atoms with Crippen LogP contribution in [0.25, 0.3) is 0 Å². The van der Waals surface area contributed by atoms with Crippen molar-refractivity contribution in [3.63, 3.8) is 0 Å². The number of rotatable bonds is 7. The van der Waals surface area contributed by atoms with E-state index in [1.165, 1.54) is 11.3 Å². The molecule has 0 bridgehead atoms. The number of hydrogen-bond acceptors (Lipinski definition) is 6. The number of primary amides is 1. The van der Waals surface area contributed by atoms with Crippen LogP contribution < -0.4 is 11.1 Å². The fraction of sp³-hybridized carbons (Fsp3) is 0.368. The molecule has 9 heteroatoms.